The summed E-state index contributed by atoms with van der Waals surface area (Å²) in [4.78, 5) is 34.3. The molecule has 21 heteroatoms. The fraction of sp³-hybridized carbons (Fsp3) is 0.279. The third-order valence-electron chi connectivity index (χ3n) is 11.4. The SMILES string of the molecule is COCc1ccccc1-c1ccc2c(=O)n(-c3ccc(Cl)c4c(NS(C)(=O)=O)nn(C)c34)c([C@H](Cc3cc(F)cc(F)c3)NC(=O)Cn3nc(C(F)F)c4c3C(F)(F)[C@@H]3C[C@H]43)nc2c1. The highest BCUT2D eigenvalue weighted by Crippen LogP contribution is 2.68. The van der Waals surface area contributed by atoms with Crippen LogP contribution in [-0.2, 0) is 52.1 Å². The van der Waals surface area contributed by atoms with Crippen LogP contribution < -0.4 is 15.6 Å². The van der Waals surface area contributed by atoms with Gasteiger partial charge in [-0.05, 0) is 71.0 Å². The highest BCUT2D eigenvalue weighted by molar-refractivity contribution is 7.92. The summed E-state index contributed by atoms with van der Waals surface area (Å²) in [6, 6.07) is 16.1. The third-order valence-corrected chi connectivity index (χ3v) is 12.3. The molecular formula is C43H35ClF6N8O5S. The number of hydrogen-bond acceptors (Lipinski definition) is 8. The normalized spacial score (nSPS) is 16.9. The average molecular weight is 925 g/mol. The number of aromatic nitrogens is 6. The van der Waals surface area contributed by atoms with Crippen LogP contribution in [0.2, 0.25) is 5.02 Å². The van der Waals surface area contributed by atoms with E-state index in [0.29, 0.717) is 16.3 Å². The van der Waals surface area contributed by atoms with E-state index in [0.717, 1.165) is 34.1 Å². The Labute approximate surface area is 364 Å². The van der Waals surface area contributed by atoms with Crippen molar-refractivity contribution >= 4 is 55.2 Å². The minimum Gasteiger partial charge on any atom is -0.380 e. The molecule has 0 bridgehead atoms. The molecule has 332 valence electrons. The number of halogens is 7. The van der Waals surface area contributed by atoms with Crippen molar-refractivity contribution < 1.29 is 44.3 Å². The van der Waals surface area contributed by atoms with E-state index in [-0.39, 0.29) is 68.3 Å². The number of hydrogen-bond donors (Lipinski definition) is 2. The number of rotatable bonds is 13. The lowest BCUT2D eigenvalue weighted by Gasteiger charge is -2.24. The monoisotopic (exact) mass is 924 g/mol. The average Bonchev–Trinajstić information content (AvgIpc) is 3.76. The van der Waals surface area contributed by atoms with Crippen molar-refractivity contribution in [1.29, 1.82) is 0 Å². The molecule has 3 atom stereocenters. The zero-order valence-corrected chi connectivity index (χ0v) is 35.4. The zero-order valence-electron chi connectivity index (χ0n) is 33.8. The van der Waals surface area contributed by atoms with Gasteiger partial charge < -0.3 is 10.1 Å². The first kappa shape index (κ1) is 43.0. The molecule has 1 saturated carbocycles. The molecule has 0 aliphatic heterocycles. The molecule has 0 spiro atoms. The highest BCUT2D eigenvalue weighted by atomic mass is 35.5. The maximum atomic E-state index is 15.6. The van der Waals surface area contributed by atoms with Gasteiger partial charge in [0.25, 0.3) is 17.9 Å². The number of nitrogens with one attached hydrogen (secondary N) is 2. The maximum absolute atomic E-state index is 15.6. The Bertz CT molecular complexity index is 3230. The molecule has 2 aliphatic carbocycles. The van der Waals surface area contributed by atoms with Crippen LogP contribution in [0, 0.1) is 17.6 Å². The fourth-order valence-corrected chi connectivity index (χ4v) is 9.57. The molecule has 7 aromatic rings. The summed E-state index contributed by atoms with van der Waals surface area (Å²) < 4.78 is 125. The number of ether oxygens (including phenoxy) is 1. The lowest BCUT2D eigenvalue weighted by atomic mass is 9.98. The molecule has 1 fully saturated rings. The lowest BCUT2D eigenvalue weighted by Crippen LogP contribution is -2.38. The number of benzene rings is 4. The summed E-state index contributed by atoms with van der Waals surface area (Å²) in [6.45, 7) is -0.741. The number of sulfonamides is 1. The molecule has 9 rings (SSSR count). The minimum absolute atomic E-state index is 0.00480. The highest BCUT2D eigenvalue weighted by Gasteiger charge is 2.67. The number of nitrogens with zero attached hydrogens (tertiary/aromatic N) is 6. The molecular weight excluding hydrogens is 890 g/mol. The predicted octanol–water partition coefficient (Wildman–Crippen LogP) is 7.83. The molecule has 0 radical (unpaired) electrons. The van der Waals surface area contributed by atoms with E-state index in [9.17, 15) is 30.8 Å². The molecule has 64 heavy (non-hydrogen) atoms. The van der Waals surface area contributed by atoms with Gasteiger partial charge in [-0.1, -0.05) is 41.9 Å². The maximum Gasteiger partial charge on any atom is 0.293 e. The largest absolute Gasteiger partial charge is 0.380 e. The van der Waals surface area contributed by atoms with Crippen molar-refractivity contribution in [1.82, 2.24) is 34.4 Å². The van der Waals surface area contributed by atoms with Crippen LogP contribution in [0.25, 0.3) is 38.6 Å². The van der Waals surface area contributed by atoms with Gasteiger partial charge in [-0.3, -0.25) is 28.2 Å². The first-order valence-electron chi connectivity index (χ1n) is 19.6. The Morgan fingerprint density at radius 2 is 1.77 bits per heavy atom. The summed E-state index contributed by atoms with van der Waals surface area (Å²) >= 11 is 6.65. The quantitative estimate of drug-likeness (QED) is 0.111. The van der Waals surface area contributed by atoms with E-state index in [4.69, 9.17) is 21.3 Å². The number of fused-ring (bicyclic) bond motifs is 5. The molecule has 2 N–H and O–H groups in total. The van der Waals surface area contributed by atoms with E-state index in [1.807, 2.05) is 24.3 Å². The van der Waals surface area contributed by atoms with Gasteiger partial charge in [0.1, 0.15) is 35.4 Å². The van der Waals surface area contributed by atoms with Crippen LogP contribution in [0.15, 0.2) is 77.6 Å². The molecule has 3 heterocycles. The molecule has 1 amide bonds. The first-order valence-corrected chi connectivity index (χ1v) is 21.9. The van der Waals surface area contributed by atoms with Crippen molar-refractivity contribution in [2.24, 2.45) is 13.0 Å². The summed E-state index contributed by atoms with van der Waals surface area (Å²) in [5.74, 6) is -9.01. The molecule has 0 saturated heterocycles. The van der Waals surface area contributed by atoms with Crippen molar-refractivity contribution in [3.8, 4) is 16.8 Å². The van der Waals surface area contributed by atoms with Crippen molar-refractivity contribution in [3.05, 3.63) is 134 Å². The van der Waals surface area contributed by atoms with Gasteiger partial charge in [0.05, 0.1) is 51.4 Å². The van der Waals surface area contributed by atoms with Crippen molar-refractivity contribution in [2.45, 2.75) is 50.3 Å². The second-order valence-corrected chi connectivity index (χ2v) is 18.0. The van der Waals surface area contributed by atoms with Gasteiger partial charge in [0, 0.05) is 38.1 Å². The number of alkyl halides is 4. The summed E-state index contributed by atoms with van der Waals surface area (Å²) in [7, 11) is -0.919. The Kier molecular flexibility index (Phi) is 10.6. The Hall–Kier alpha value is -6.25. The zero-order chi connectivity index (χ0) is 45.6. The van der Waals surface area contributed by atoms with Crippen LogP contribution >= 0.6 is 11.6 Å². The molecule has 4 aromatic carbocycles. The van der Waals surface area contributed by atoms with E-state index < -0.39 is 87.7 Å². The van der Waals surface area contributed by atoms with E-state index in [1.54, 1.807) is 12.1 Å². The van der Waals surface area contributed by atoms with E-state index in [2.05, 4.69) is 20.2 Å². The fourth-order valence-electron chi connectivity index (χ4n) is 8.83. The van der Waals surface area contributed by atoms with Gasteiger partial charge in [-0.25, -0.2) is 31.0 Å². The predicted molar refractivity (Wildman–Crippen MR) is 224 cm³/mol. The van der Waals surface area contributed by atoms with Crippen molar-refractivity contribution in [2.75, 3.05) is 18.1 Å². The van der Waals surface area contributed by atoms with Crippen LogP contribution in [0.3, 0.4) is 0 Å². The molecule has 2 aliphatic rings. The summed E-state index contributed by atoms with van der Waals surface area (Å²) in [5, 5.41) is 10.9. The number of methoxy groups -OCH3 is 1. The molecule has 3 aromatic heterocycles. The molecule has 0 unspecified atom stereocenters. The van der Waals surface area contributed by atoms with Crippen LogP contribution in [0.5, 0.6) is 0 Å². The van der Waals surface area contributed by atoms with Gasteiger partial charge in [0.15, 0.2) is 5.82 Å². The number of carbonyl (C=O) groups is 1. The second kappa shape index (κ2) is 15.8. The Morgan fingerprint density at radius 3 is 2.47 bits per heavy atom. The number of carbonyl (C=O) groups excluding carboxylic acids is 1. The first-order chi connectivity index (χ1) is 30.3. The van der Waals surface area contributed by atoms with Crippen LogP contribution in [0.4, 0.5) is 32.2 Å². The van der Waals surface area contributed by atoms with Gasteiger partial charge in [0.2, 0.25) is 15.9 Å². The topological polar surface area (TPSA) is 155 Å². The number of anilines is 1. The summed E-state index contributed by atoms with van der Waals surface area (Å²) in [5.41, 5.74) is -0.285. The second-order valence-electron chi connectivity index (χ2n) is 15.8. The van der Waals surface area contributed by atoms with Gasteiger partial charge >= 0.3 is 0 Å². The smallest absolute Gasteiger partial charge is 0.293 e. The lowest BCUT2D eigenvalue weighted by molar-refractivity contribution is -0.123. The van der Waals surface area contributed by atoms with Crippen LogP contribution in [0.1, 0.15) is 58.7 Å². The van der Waals surface area contributed by atoms with E-state index in [1.165, 1.54) is 37.0 Å². The summed E-state index contributed by atoms with van der Waals surface area (Å²) in [6.07, 6.45) is -2.77. The Morgan fingerprint density at radius 1 is 1.03 bits per heavy atom. The van der Waals surface area contributed by atoms with E-state index >= 15 is 13.6 Å². The number of amides is 1. The standard InChI is InChI=1S/C43H35ClF6N8O5S/c1-56-37-32(11-10-29(44)35(37)40(54-56)55-64(3,61)62)58-41(52-30-15-21(8-9-26(30)42(58)60)25-7-5-4-6-22(25)19-63-2)31(14-20-12-23(45)16-24(46)13-20)51-33(59)18-57-38-34(36(53-57)39(47)48)27-17-28(27)43(38,49)50/h4-13,15-16,27-28,31,39H,14,17-19H2,1-3H3,(H,51,59)(H,54,55)/t27-,28+,31-/m0/s1. The van der Waals surface area contributed by atoms with Gasteiger partial charge in [-0.15, -0.1) is 0 Å². The van der Waals surface area contributed by atoms with Gasteiger partial charge in [-0.2, -0.15) is 19.0 Å². The third kappa shape index (κ3) is 7.55. The molecule has 13 nitrogen and oxygen atoms in total. The number of aryl methyl sites for hydroxylation is 1. The van der Waals surface area contributed by atoms with Crippen molar-refractivity contribution in [3.63, 3.8) is 0 Å². The minimum atomic E-state index is -3.92. The Balaban J connectivity index is 1.27. The van der Waals surface area contributed by atoms with Crippen LogP contribution in [-0.4, -0.2) is 56.8 Å².